The van der Waals surface area contributed by atoms with Crippen LogP contribution in [0.3, 0.4) is 0 Å². The van der Waals surface area contributed by atoms with E-state index in [0.717, 1.165) is 17.7 Å². The molecular weight excluding hydrogens is 246 g/mol. The van der Waals surface area contributed by atoms with Gasteiger partial charge in [-0.05, 0) is 23.3 Å². The molecule has 0 aromatic heterocycles. The van der Waals surface area contributed by atoms with E-state index in [9.17, 15) is 4.79 Å². The van der Waals surface area contributed by atoms with E-state index in [4.69, 9.17) is 0 Å². The highest BCUT2D eigenvalue weighted by molar-refractivity contribution is 5.99. The van der Waals surface area contributed by atoms with Crippen molar-refractivity contribution in [2.24, 2.45) is 0 Å². The Morgan fingerprint density at radius 3 is 2.30 bits per heavy atom. The quantitative estimate of drug-likeness (QED) is 0.913. The Hall–Kier alpha value is -2.35. The number of para-hydroxylation sites is 1. The molecule has 2 aromatic carbocycles. The number of hydrogen-bond acceptors (Lipinski definition) is 2. The van der Waals surface area contributed by atoms with Gasteiger partial charge in [-0.15, -0.1) is 0 Å². The van der Waals surface area contributed by atoms with Gasteiger partial charge in [0.25, 0.3) is 0 Å². The first kappa shape index (κ1) is 12.7. The Morgan fingerprint density at radius 2 is 1.60 bits per heavy atom. The molecule has 1 atom stereocenters. The molecule has 2 nitrogen and oxygen atoms in total. The number of carbonyl (C=O) groups is 1. The summed E-state index contributed by atoms with van der Waals surface area (Å²) < 4.78 is 0. The number of carbonyl (C=O) groups excluding carboxylic acids is 1. The summed E-state index contributed by atoms with van der Waals surface area (Å²) in [5, 5.41) is 3.39. The first-order valence-corrected chi connectivity index (χ1v) is 6.91. The van der Waals surface area contributed by atoms with Crippen LogP contribution in [0.2, 0.25) is 0 Å². The first-order valence-electron chi connectivity index (χ1n) is 6.91. The smallest absolute Gasteiger partial charge is 0.161 e. The van der Waals surface area contributed by atoms with Gasteiger partial charge in [-0.1, -0.05) is 54.6 Å². The number of anilines is 1. The maximum Gasteiger partial charge on any atom is 0.161 e. The fraction of sp³-hybridized carbons (Fsp3) is 0.167. The lowest BCUT2D eigenvalue weighted by atomic mass is 10.0. The average molecular weight is 263 g/mol. The Morgan fingerprint density at radius 1 is 0.950 bits per heavy atom. The molecule has 1 unspecified atom stereocenters. The third-order valence-corrected chi connectivity index (χ3v) is 3.53. The molecule has 0 heterocycles. The molecule has 0 spiro atoms. The summed E-state index contributed by atoms with van der Waals surface area (Å²) in [6, 6.07) is 20.3. The summed E-state index contributed by atoms with van der Waals surface area (Å²) in [4.78, 5) is 12.1. The van der Waals surface area contributed by atoms with Crippen LogP contribution in [0.4, 0.5) is 5.69 Å². The molecule has 0 aliphatic heterocycles. The third kappa shape index (κ3) is 2.97. The maximum absolute atomic E-state index is 12.1. The Balaban J connectivity index is 1.69. The van der Waals surface area contributed by atoms with Crippen molar-refractivity contribution in [2.45, 2.75) is 18.9 Å². The standard InChI is InChI=1S/C18H17NO/c20-18-13-17(19-16-9-5-2-6-10-16)12-15(18)11-14-7-3-1-4-8-14/h1-10,12,17,19H,11,13H2. The Labute approximate surface area is 119 Å². The van der Waals surface area contributed by atoms with E-state index in [0.29, 0.717) is 6.42 Å². The van der Waals surface area contributed by atoms with Gasteiger partial charge in [0.2, 0.25) is 0 Å². The predicted octanol–water partition coefficient (Wildman–Crippen LogP) is 3.61. The second-order valence-electron chi connectivity index (χ2n) is 5.10. The molecule has 3 rings (SSSR count). The van der Waals surface area contributed by atoms with Crippen LogP contribution in [0.5, 0.6) is 0 Å². The lowest BCUT2D eigenvalue weighted by Gasteiger charge is -2.10. The number of Topliss-reactive ketones (excluding diaryl/α,β-unsaturated/α-hetero) is 1. The SMILES string of the molecule is O=C1CC(Nc2ccccc2)C=C1Cc1ccccc1. The Kier molecular flexibility index (Phi) is 3.64. The molecule has 1 aliphatic carbocycles. The molecule has 0 saturated heterocycles. The molecular formula is C18H17NO. The van der Waals surface area contributed by atoms with Gasteiger partial charge in [0.15, 0.2) is 5.78 Å². The molecule has 0 radical (unpaired) electrons. The van der Waals surface area contributed by atoms with Gasteiger partial charge in [0.1, 0.15) is 0 Å². The predicted molar refractivity (Wildman–Crippen MR) is 81.7 cm³/mol. The van der Waals surface area contributed by atoms with Crippen molar-refractivity contribution in [1.82, 2.24) is 0 Å². The van der Waals surface area contributed by atoms with Gasteiger partial charge in [-0.2, -0.15) is 0 Å². The number of benzene rings is 2. The molecule has 2 aromatic rings. The van der Waals surface area contributed by atoms with Crippen molar-refractivity contribution in [1.29, 1.82) is 0 Å². The van der Waals surface area contributed by atoms with E-state index in [-0.39, 0.29) is 11.8 Å². The summed E-state index contributed by atoms with van der Waals surface area (Å²) in [5.74, 6) is 0.252. The van der Waals surface area contributed by atoms with Crippen LogP contribution in [0.1, 0.15) is 12.0 Å². The van der Waals surface area contributed by atoms with Crippen LogP contribution >= 0.6 is 0 Å². The molecule has 0 saturated carbocycles. The van der Waals surface area contributed by atoms with E-state index in [1.807, 2.05) is 48.5 Å². The highest BCUT2D eigenvalue weighted by atomic mass is 16.1. The Bertz CT molecular complexity index is 616. The molecule has 100 valence electrons. The lowest BCUT2D eigenvalue weighted by Crippen LogP contribution is -2.15. The minimum atomic E-state index is 0.114. The van der Waals surface area contributed by atoms with Gasteiger partial charge in [0, 0.05) is 18.5 Å². The zero-order valence-corrected chi connectivity index (χ0v) is 11.3. The van der Waals surface area contributed by atoms with E-state index in [1.165, 1.54) is 5.56 Å². The van der Waals surface area contributed by atoms with Gasteiger partial charge in [0.05, 0.1) is 6.04 Å². The number of rotatable bonds is 4. The van der Waals surface area contributed by atoms with Gasteiger partial charge >= 0.3 is 0 Å². The maximum atomic E-state index is 12.1. The molecule has 0 bridgehead atoms. The fourth-order valence-corrected chi connectivity index (χ4v) is 2.54. The van der Waals surface area contributed by atoms with E-state index >= 15 is 0 Å². The highest BCUT2D eigenvalue weighted by Crippen LogP contribution is 2.22. The number of allylic oxidation sites excluding steroid dienone is 1. The van der Waals surface area contributed by atoms with Crippen molar-refractivity contribution in [3.05, 3.63) is 77.9 Å². The summed E-state index contributed by atoms with van der Waals surface area (Å²) in [7, 11) is 0. The van der Waals surface area contributed by atoms with Crippen LogP contribution in [0, 0.1) is 0 Å². The summed E-state index contributed by atoms with van der Waals surface area (Å²) >= 11 is 0. The summed E-state index contributed by atoms with van der Waals surface area (Å²) in [5.41, 5.74) is 3.17. The van der Waals surface area contributed by atoms with E-state index in [1.54, 1.807) is 0 Å². The molecule has 0 fully saturated rings. The monoisotopic (exact) mass is 263 g/mol. The second kappa shape index (κ2) is 5.74. The zero-order valence-electron chi connectivity index (χ0n) is 11.3. The minimum absolute atomic E-state index is 0.114. The average Bonchev–Trinajstić information content (AvgIpc) is 2.81. The second-order valence-corrected chi connectivity index (χ2v) is 5.10. The molecule has 2 heteroatoms. The molecule has 0 amide bonds. The lowest BCUT2D eigenvalue weighted by molar-refractivity contribution is -0.115. The van der Waals surface area contributed by atoms with Gasteiger partial charge in [-0.25, -0.2) is 0 Å². The van der Waals surface area contributed by atoms with Gasteiger partial charge < -0.3 is 5.32 Å². The molecule has 1 N–H and O–H groups in total. The number of hydrogen-bond donors (Lipinski definition) is 1. The normalized spacial score (nSPS) is 17.9. The third-order valence-electron chi connectivity index (χ3n) is 3.53. The van der Waals surface area contributed by atoms with Crippen molar-refractivity contribution in [3.63, 3.8) is 0 Å². The summed E-state index contributed by atoms with van der Waals surface area (Å²) in [6.07, 6.45) is 3.35. The minimum Gasteiger partial charge on any atom is -0.378 e. The van der Waals surface area contributed by atoms with Crippen LogP contribution < -0.4 is 5.32 Å². The molecule has 1 aliphatic rings. The van der Waals surface area contributed by atoms with Crippen molar-refractivity contribution in [3.8, 4) is 0 Å². The number of nitrogens with one attached hydrogen (secondary N) is 1. The van der Waals surface area contributed by atoms with E-state index < -0.39 is 0 Å². The van der Waals surface area contributed by atoms with Crippen LogP contribution in [0.15, 0.2) is 72.3 Å². The van der Waals surface area contributed by atoms with Crippen molar-refractivity contribution >= 4 is 11.5 Å². The number of ketones is 1. The molecule has 20 heavy (non-hydrogen) atoms. The fourth-order valence-electron chi connectivity index (χ4n) is 2.54. The van der Waals surface area contributed by atoms with Gasteiger partial charge in [-0.3, -0.25) is 4.79 Å². The highest BCUT2D eigenvalue weighted by Gasteiger charge is 2.23. The topological polar surface area (TPSA) is 29.1 Å². The van der Waals surface area contributed by atoms with E-state index in [2.05, 4.69) is 23.5 Å². The first-order chi connectivity index (χ1) is 9.81. The zero-order chi connectivity index (χ0) is 13.8. The van der Waals surface area contributed by atoms with Crippen LogP contribution in [-0.2, 0) is 11.2 Å². The largest absolute Gasteiger partial charge is 0.378 e. The van der Waals surface area contributed by atoms with Crippen LogP contribution in [-0.4, -0.2) is 11.8 Å². The van der Waals surface area contributed by atoms with Crippen molar-refractivity contribution < 1.29 is 4.79 Å². The summed E-state index contributed by atoms with van der Waals surface area (Å²) in [6.45, 7) is 0. The van der Waals surface area contributed by atoms with Crippen LogP contribution in [0.25, 0.3) is 0 Å². The van der Waals surface area contributed by atoms with Crippen molar-refractivity contribution in [2.75, 3.05) is 5.32 Å².